The van der Waals surface area contributed by atoms with Crippen LogP contribution in [0.3, 0.4) is 0 Å². The van der Waals surface area contributed by atoms with E-state index in [2.05, 4.69) is 148 Å². The number of rotatable bonds is 6. The summed E-state index contributed by atoms with van der Waals surface area (Å²) in [5, 5.41) is 2.49. The van der Waals surface area contributed by atoms with Gasteiger partial charge >= 0.3 is 33.3 Å². The summed E-state index contributed by atoms with van der Waals surface area (Å²) in [4.78, 5) is 11.1. The van der Waals surface area contributed by atoms with Gasteiger partial charge in [0.05, 0.1) is 22.8 Å². The molecule has 1 aliphatic carbocycles. The average molecular weight is 635 g/mol. The van der Waals surface area contributed by atoms with Crippen LogP contribution in [0.5, 0.6) is 0 Å². The minimum atomic E-state index is 0.377. The zero-order chi connectivity index (χ0) is 29.8. The number of hydrogen-bond acceptors (Lipinski definition) is 2. The van der Waals surface area contributed by atoms with Crippen LogP contribution in [0.2, 0.25) is 0 Å². The van der Waals surface area contributed by atoms with Gasteiger partial charge in [0, 0.05) is 16.5 Å². The molecule has 4 aromatic carbocycles. The standard InChI is InChI=1S/C36H40N2.2ClH.Cu/c1-21(2)26-15-11-16-27(22(3)4)33(26)37-35-30-19-9-13-25-14-10-20-31(32(25)30)36(35)38-34-28(23(5)6)17-12-18-29(34)24(7)8;;;/h9-24H,1-8H3;2*1H;/q;;;+2/p-2. The van der Waals surface area contributed by atoms with E-state index >= 15 is 0 Å². The Morgan fingerprint density at radius 1 is 0.488 bits per heavy atom. The van der Waals surface area contributed by atoms with Gasteiger partial charge in [0.2, 0.25) is 0 Å². The van der Waals surface area contributed by atoms with E-state index in [-0.39, 0.29) is 0 Å². The summed E-state index contributed by atoms with van der Waals surface area (Å²) in [6.07, 6.45) is 0. The molecule has 2 nitrogen and oxygen atoms in total. The maximum atomic E-state index is 5.55. The minimum absolute atomic E-state index is 0.377. The summed E-state index contributed by atoms with van der Waals surface area (Å²) in [5.41, 5.74) is 11.7. The molecule has 41 heavy (non-hydrogen) atoms. The quantitative estimate of drug-likeness (QED) is 0.189. The van der Waals surface area contributed by atoms with Gasteiger partial charge in [-0.2, -0.15) is 0 Å². The molecule has 0 fully saturated rings. The van der Waals surface area contributed by atoms with E-state index in [4.69, 9.17) is 9.98 Å². The molecule has 0 saturated heterocycles. The predicted molar refractivity (Wildman–Crippen MR) is 177 cm³/mol. The van der Waals surface area contributed by atoms with Crippen LogP contribution in [-0.4, -0.2) is 11.4 Å². The third kappa shape index (κ3) is 6.50. The number of hydrogen-bond donors (Lipinski definition) is 0. The van der Waals surface area contributed by atoms with Crippen LogP contribution in [0.4, 0.5) is 11.4 Å². The van der Waals surface area contributed by atoms with Crippen LogP contribution in [-0.2, 0) is 13.1 Å². The third-order valence-electron chi connectivity index (χ3n) is 7.77. The molecule has 5 rings (SSSR count). The molecule has 219 valence electrons. The van der Waals surface area contributed by atoms with E-state index in [0.29, 0.717) is 23.7 Å². The first-order valence-electron chi connectivity index (χ1n) is 14.4. The van der Waals surface area contributed by atoms with Crippen LogP contribution in [0.15, 0.2) is 82.8 Å². The molecule has 0 saturated carbocycles. The van der Waals surface area contributed by atoms with Crippen molar-refractivity contribution in [1.29, 1.82) is 0 Å². The Balaban J connectivity index is 0.00000124. The zero-order valence-corrected chi connectivity index (χ0v) is 27.6. The van der Waals surface area contributed by atoms with Gasteiger partial charge in [-0.05, 0) is 51.3 Å². The van der Waals surface area contributed by atoms with Crippen molar-refractivity contribution in [2.45, 2.75) is 79.1 Å². The van der Waals surface area contributed by atoms with Crippen molar-refractivity contribution in [3.63, 3.8) is 0 Å². The van der Waals surface area contributed by atoms with Crippen molar-refractivity contribution in [3.05, 3.63) is 106 Å². The van der Waals surface area contributed by atoms with Gasteiger partial charge in [0.25, 0.3) is 0 Å². The molecule has 4 aromatic rings. The van der Waals surface area contributed by atoms with Crippen molar-refractivity contribution < 1.29 is 13.1 Å². The fourth-order valence-corrected chi connectivity index (χ4v) is 5.72. The summed E-state index contributed by atoms with van der Waals surface area (Å²) in [7, 11) is 9.34. The molecule has 0 radical (unpaired) electrons. The first kappa shape index (κ1) is 31.5. The van der Waals surface area contributed by atoms with Crippen molar-refractivity contribution >= 4 is 53.8 Å². The number of aliphatic imine (C=N–C) groups is 2. The SMILES string of the molecule is CC(C)c1cccc(C(C)C)c1N=C1C(=Nc2c(C(C)C)cccc2C(C)C)c2cccc3cccc1c23.[Cl][Cu][Cl]. The summed E-state index contributed by atoms with van der Waals surface area (Å²) in [6.45, 7) is 18.1. The topological polar surface area (TPSA) is 24.7 Å². The molecule has 0 aliphatic heterocycles. The summed E-state index contributed by atoms with van der Waals surface area (Å²) < 4.78 is 0. The van der Waals surface area contributed by atoms with Crippen molar-refractivity contribution in [1.82, 2.24) is 0 Å². The van der Waals surface area contributed by atoms with Crippen molar-refractivity contribution in [2.75, 3.05) is 0 Å². The van der Waals surface area contributed by atoms with Gasteiger partial charge in [0.15, 0.2) is 0 Å². The molecule has 0 aromatic heterocycles. The molecular formula is C36H40Cl2CuN2. The molecule has 1 aliphatic rings. The molecular weight excluding hydrogens is 595 g/mol. The van der Waals surface area contributed by atoms with Gasteiger partial charge in [-0.1, -0.05) is 128 Å². The second-order valence-corrected chi connectivity index (χ2v) is 13.4. The first-order valence-corrected chi connectivity index (χ1v) is 17.0. The Morgan fingerprint density at radius 2 is 0.780 bits per heavy atom. The molecule has 0 atom stereocenters. The van der Waals surface area contributed by atoms with E-state index in [1.165, 1.54) is 44.2 Å². The molecule has 0 bridgehead atoms. The van der Waals surface area contributed by atoms with Crippen LogP contribution < -0.4 is 0 Å². The Bertz CT molecular complexity index is 1430. The second kappa shape index (κ2) is 13.7. The molecule has 0 spiro atoms. The van der Waals surface area contributed by atoms with Crippen LogP contribution >= 0.6 is 20.2 Å². The van der Waals surface area contributed by atoms with Gasteiger partial charge in [-0.25, -0.2) is 9.98 Å². The third-order valence-corrected chi connectivity index (χ3v) is 7.77. The van der Waals surface area contributed by atoms with Gasteiger partial charge < -0.3 is 0 Å². The van der Waals surface area contributed by atoms with E-state index in [1.807, 2.05) is 0 Å². The number of halogens is 2. The van der Waals surface area contributed by atoms with E-state index < -0.39 is 0 Å². The van der Waals surface area contributed by atoms with Crippen molar-refractivity contribution in [3.8, 4) is 0 Å². The normalized spacial score (nSPS) is 14.8. The molecule has 0 unspecified atom stereocenters. The van der Waals surface area contributed by atoms with Gasteiger partial charge in [-0.3, -0.25) is 0 Å². The second-order valence-electron chi connectivity index (χ2n) is 11.9. The van der Waals surface area contributed by atoms with E-state index in [0.717, 1.165) is 35.9 Å². The van der Waals surface area contributed by atoms with Crippen LogP contribution in [0.1, 0.15) is 112 Å². The van der Waals surface area contributed by atoms with Gasteiger partial charge in [0.1, 0.15) is 0 Å². The average Bonchev–Trinajstić information content (AvgIpc) is 3.22. The fraction of sp³-hybridized carbons (Fsp3) is 0.333. The van der Waals surface area contributed by atoms with Gasteiger partial charge in [-0.15, -0.1) is 0 Å². The van der Waals surface area contributed by atoms with Crippen LogP contribution in [0.25, 0.3) is 10.8 Å². The molecule has 0 N–H and O–H groups in total. The number of para-hydroxylation sites is 2. The Kier molecular flexibility index (Phi) is 10.5. The molecule has 0 heterocycles. The van der Waals surface area contributed by atoms with E-state index in [9.17, 15) is 0 Å². The summed E-state index contributed by atoms with van der Waals surface area (Å²) in [6, 6.07) is 26.5. The Labute approximate surface area is 260 Å². The Hall–Kier alpha value is -2.42. The Morgan fingerprint density at radius 3 is 1.07 bits per heavy atom. The first-order chi connectivity index (χ1) is 19.6. The number of nitrogens with zero attached hydrogens (tertiary/aromatic N) is 2. The predicted octanol–water partition coefficient (Wildman–Crippen LogP) is 12.0. The summed E-state index contributed by atoms with van der Waals surface area (Å²) in [5.74, 6) is 1.51. The molecule has 0 amide bonds. The van der Waals surface area contributed by atoms with Crippen molar-refractivity contribution in [2.24, 2.45) is 9.98 Å². The fourth-order valence-electron chi connectivity index (χ4n) is 5.72. The monoisotopic (exact) mass is 633 g/mol. The number of benzene rings is 4. The van der Waals surface area contributed by atoms with Crippen LogP contribution in [0, 0.1) is 0 Å². The van der Waals surface area contributed by atoms with E-state index in [1.54, 1.807) is 0 Å². The maximum absolute atomic E-state index is 5.55. The zero-order valence-electron chi connectivity index (χ0n) is 25.2. The summed E-state index contributed by atoms with van der Waals surface area (Å²) >= 11 is 0.757. The molecule has 5 heteroatoms.